The summed E-state index contributed by atoms with van der Waals surface area (Å²) in [4.78, 5) is 1.91. The van der Waals surface area contributed by atoms with Crippen LogP contribution in [0.25, 0.3) is 0 Å². The fourth-order valence-electron chi connectivity index (χ4n) is 0.756. The predicted molar refractivity (Wildman–Crippen MR) is 53.7 cm³/mol. The largest absolute Gasteiger partial charge is 0.308 e. The van der Waals surface area contributed by atoms with Gasteiger partial charge in [0.25, 0.3) is 10.2 Å². The van der Waals surface area contributed by atoms with E-state index in [0.29, 0.717) is 13.1 Å². The molecule has 0 aromatic rings. The van der Waals surface area contributed by atoms with E-state index in [-0.39, 0.29) is 6.04 Å². The molecule has 0 bridgehead atoms. The second kappa shape index (κ2) is 5.54. The van der Waals surface area contributed by atoms with Crippen LogP contribution in [-0.4, -0.2) is 46.5 Å². The third-order valence-corrected chi connectivity index (χ3v) is 2.61. The van der Waals surface area contributed by atoms with Crippen LogP contribution < -0.4 is 9.44 Å². The smallest absolute Gasteiger partial charge is 0.277 e. The molecule has 0 rings (SSSR count). The SMILES string of the molecule is CC(C)NS(=O)(=O)NCCN(C)C. The number of likely N-dealkylation sites (N-methyl/N-ethyl adjacent to an activating group) is 1. The third kappa shape index (κ3) is 8.17. The summed E-state index contributed by atoms with van der Waals surface area (Å²) in [5, 5.41) is 0. The summed E-state index contributed by atoms with van der Waals surface area (Å²) in [6, 6.07) is -0.0724. The maximum Gasteiger partial charge on any atom is 0.277 e. The molecule has 2 N–H and O–H groups in total. The van der Waals surface area contributed by atoms with Gasteiger partial charge in [0.05, 0.1) is 0 Å². The molecule has 0 heterocycles. The molecule has 6 heteroatoms. The number of hydrogen-bond acceptors (Lipinski definition) is 3. The van der Waals surface area contributed by atoms with E-state index in [9.17, 15) is 8.42 Å². The van der Waals surface area contributed by atoms with Crippen molar-refractivity contribution < 1.29 is 8.42 Å². The quantitative estimate of drug-likeness (QED) is 0.613. The van der Waals surface area contributed by atoms with Crippen molar-refractivity contribution in [2.24, 2.45) is 0 Å². The van der Waals surface area contributed by atoms with E-state index in [1.807, 2.05) is 19.0 Å². The first kappa shape index (κ1) is 12.8. The average molecular weight is 209 g/mol. The Kier molecular flexibility index (Phi) is 5.46. The fourth-order valence-corrected chi connectivity index (χ4v) is 1.82. The van der Waals surface area contributed by atoms with Crippen LogP contribution in [0.4, 0.5) is 0 Å². The zero-order valence-electron chi connectivity index (χ0n) is 8.66. The van der Waals surface area contributed by atoms with Crippen molar-refractivity contribution in [2.45, 2.75) is 19.9 Å². The Labute approximate surface area is 80.7 Å². The van der Waals surface area contributed by atoms with Crippen LogP contribution in [0.15, 0.2) is 0 Å². The van der Waals surface area contributed by atoms with E-state index in [4.69, 9.17) is 0 Å². The van der Waals surface area contributed by atoms with Gasteiger partial charge in [0.1, 0.15) is 0 Å². The fraction of sp³-hybridized carbons (Fsp3) is 1.00. The van der Waals surface area contributed by atoms with E-state index in [2.05, 4.69) is 9.44 Å². The van der Waals surface area contributed by atoms with Crippen LogP contribution in [0.3, 0.4) is 0 Å². The molecule has 0 radical (unpaired) electrons. The van der Waals surface area contributed by atoms with Gasteiger partial charge in [0.2, 0.25) is 0 Å². The average Bonchev–Trinajstić information content (AvgIpc) is 1.81. The van der Waals surface area contributed by atoms with Crippen LogP contribution in [0.1, 0.15) is 13.8 Å². The first-order valence-electron chi connectivity index (χ1n) is 4.25. The molecule has 13 heavy (non-hydrogen) atoms. The molecule has 0 unspecified atom stereocenters. The highest BCUT2D eigenvalue weighted by Gasteiger charge is 2.09. The first-order chi connectivity index (χ1) is 5.83. The highest BCUT2D eigenvalue weighted by atomic mass is 32.2. The molecule has 0 atom stereocenters. The second-order valence-corrected chi connectivity index (χ2v) is 5.00. The summed E-state index contributed by atoms with van der Waals surface area (Å²) in [6.45, 7) is 4.68. The zero-order chi connectivity index (χ0) is 10.5. The van der Waals surface area contributed by atoms with E-state index in [1.54, 1.807) is 13.8 Å². The minimum Gasteiger partial charge on any atom is -0.308 e. The van der Waals surface area contributed by atoms with E-state index < -0.39 is 10.2 Å². The standard InChI is InChI=1S/C7H19N3O2S/c1-7(2)9-13(11,12)8-5-6-10(3)4/h7-9H,5-6H2,1-4H3. The number of hydrogen-bond donors (Lipinski definition) is 2. The Morgan fingerprint density at radius 2 is 1.85 bits per heavy atom. The molecule has 5 nitrogen and oxygen atoms in total. The summed E-state index contributed by atoms with van der Waals surface area (Å²) in [6.07, 6.45) is 0. The van der Waals surface area contributed by atoms with Gasteiger partial charge in [0, 0.05) is 19.1 Å². The van der Waals surface area contributed by atoms with E-state index in [0.717, 1.165) is 0 Å². The van der Waals surface area contributed by atoms with Crippen LogP contribution in [0, 0.1) is 0 Å². The van der Waals surface area contributed by atoms with Gasteiger partial charge in [0.15, 0.2) is 0 Å². The number of nitrogens with zero attached hydrogens (tertiary/aromatic N) is 1. The monoisotopic (exact) mass is 209 g/mol. The minimum atomic E-state index is -3.30. The van der Waals surface area contributed by atoms with Crippen molar-refractivity contribution in [3.05, 3.63) is 0 Å². The van der Waals surface area contributed by atoms with Crippen LogP contribution in [0.5, 0.6) is 0 Å². The van der Waals surface area contributed by atoms with Crippen molar-refractivity contribution >= 4 is 10.2 Å². The van der Waals surface area contributed by atoms with Gasteiger partial charge in [-0.05, 0) is 27.9 Å². The van der Waals surface area contributed by atoms with Gasteiger partial charge in [-0.1, -0.05) is 0 Å². The molecule has 0 aliphatic carbocycles. The second-order valence-electron chi connectivity index (χ2n) is 3.47. The normalized spacial score (nSPS) is 12.8. The first-order valence-corrected chi connectivity index (χ1v) is 5.73. The molecule has 0 aliphatic heterocycles. The van der Waals surface area contributed by atoms with Crippen molar-refractivity contribution in [1.82, 2.24) is 14.3 Å². The lowest BCUT2D eigenvalue weighted by atomic mass is 10.4. The number of rotatable bonds is 6. The lowest BCUT2D eigenvalue weighted by molar-refractivity contribution is 0.411. The molecule has 0 aromatic carbocycles. The van der Waals surface area contributed by atoms with Gasteiger partial charge in [-0.3, -0.25) is 0 Å². The van der Waals surface area contributed by atoms with Gasteiger partial charge >= 0.3 is 0 Å². The molecule has 0 spiro atoms. The molecule has 0 saturated heterocycles. The van der Waals surface area contributed by atoms with Gasteiger partial charge < -0.3 is 4.90 Å². The number of nitrogens with one attached hydrogen (secondary N) is 2. The van der Waals surface area contributed by atoms with Crippen LogP contribution in [0.2, 0.25) is 0 Å². The third-order valence-electron chi connectivity index (χ3n) is 1.24. The summed E-state index contributed by atoms with van der Waals surface area (Å²) in [5.74, 6) is 0. The molecule has 0 amide bonds. The molecular formula is C7H19N3O2S. The maximum absolute atomic E-state index is 11.2. The van der Waals surface area contributed by atoms with Crippen LogP contribution in [-0.2, 0) is 10.2 Å². The van der Waals surface area contributed by atoms with Crippen molar-refractivity contribution in [1.29, 1.82) is 0 Å². The Morgan fingerprint density at radius 3 is 2.23 bits per heavy atom. The lowest BCUT2D eigenvalue weighted by Gasteiger charge is -2.12. The van der Waals surface area contributed by atoms with Gasteiger partial charge in [-0.2, -0.15) is 13.1 Å². The molecular weight excluding hydrogens is 190 g/mol. The van der Waals surface area contributed by atoms with Gasteiger partial charge in [-0.25, -0.2) is 4.72 Å². The topological polar surface area (TPSA) is 61.4 Å². The Morgan fingerprint density at radius 1 is 1.31 bits per heavy atom. The summed E-state index contributed by atoms with van der Waals surface area (Å²) in [7, 11) is 0.483. The minimum absolute atomic E-state index is 0.0724. The van der Waals surface area contributed by atoms with Crippen molar-refractivity contribution in [3.63, 3.8) is 0 Å². The van der Waals surface area contributed by atoms with Crippen LogP contribution >= 0.6 is 0 Å². The van der Waals surface area contributed by atoms with Crippen molar-refractivity contribution in [2.75, 3.05) is 27.2 Å². The lowest BCUT2D eigenvalue weighted by Crippen LogP contribution is -2.42. The van der Waals surface area contributed by atoms with E-state index in [1.165, 1.54) is 0 Å². The summed E-state index contributed by atoms with van der Waals surface area (Å²) >= 11 is 0. The summed E-state index contributed by atoms with van der Waals surface area (Å²) in [5.41, 5.74) is 0. The Bertz CT molecular complexity index is 224. The highest BCUT2D eigenvalue weighted by Crippen LogP contribution is 1.83. The molecule has 0 aromatic heterocycles. The highest BCUT2D eigenvalue weighted by molar-refractivity contribution is 7.87. The zero-order valence-corrected chi connectivity index (χ0v) is 9.48. The molecule has 80 valence electrons. The van der Waals surface area contributed by atoms with Crippen molar-refractivity contribution in [3.8, 4) is 0 Å². The Balaban J connectivity index is 3.77. The Hall–Kier alpha value is -0.170. The molecule has 0 aliphatic rings. The predicted octanol–water partition coefficient (Wildman–Crippen LogP) is -0.620. The molecule has 0 saturated carbocycles. The summed E-state index contributed by atoms with van der Waals surface area (Å²) < 4.78 is 27.2. The van der Waals surface area contributed by atoms with E-state index >= 15 is 0 Å². The maximum atomic E-state index is 11.2. The van der Waals surface area contributed by atoms with Gasteiger partial charge in [-0.15, -0.1) is 0 Å². The molecule has 0 fully saturated rings.